The summed E-state index contributed by atoms with van der Waals surface area (Å²) < 4.78 is 12.8. The van der Waals surface area contributed by atoms with Gasteiger partial charge < -0.3 is 10.6 Å². The second-order valence-corrected chi connectivity index (χ2v) is 6.60. The number of rotatable bonds is 6. The van der Waals surface area contributed by atoms with Crippen LogP contribution < -0.4 is 10.6 Å². The molecule has 0 saturated carbocycles. The minimum absolute atomic E-state index is 0.0844. The van der Waals surface area contributed by atoms with Crippen LogP contribution in [0.25, 0.3) is 0 Å². The Morgan fingerprint density at radius 1 is 1.14 bits per heavy atom. The minimum atomic E-state index is -0.285. The van der Waals surface area contributed by atoms with Gasteiger partial charge in [-0.25, -0.2) is 4.39 Å². The van der Waals surface area contributed by atoms with Gasteiger partial charge in [0, 0.05) is 24.4 Å². The van der Waals surface area contributed by atoms with Crippen LogP contribution in [0.1, 0.15) is 46.1 Å². The lowest BCUT2D eigenvalue weighted by molar-refractivity contribution is -0.124. The Kier molecular flexibility index (Phi) is 6.53. The van der Waals surface area contributed by atoms with Crippen molar-refractivity contribution in [2.75, 3.05) is 0 Å². The number of benzene rings is 1. The van der Waals surface area contributed by atoms with Crippen molar-refractivity contribution in [3.05, 3.63) is 35.6 Å². The SMILES string of the molecule is CC(CC(=O)NC(C)(C)C)NC(=O)CCc1ccc(F)cc1. The second kappa shape index (κ2) is 7.92. The van der Waals surface area contributed by atoms with Gasteiger partial charge >= 0.3 is 0 Å². The molecule has 2 N–H and O–H groups in total. The molecule has 0 fully saturated rings. The topological polar surface area (TPSA) is 58.2 Å². The van der Waals surface area contributed by atoms with E-state index < -0.39 is 0 Å². The van der Waals surface area contributed by atoms with Gasteiger partial charge in [0.1, 0.15) is 5.82 Å². The smallest absolute Gasteiger partial charge is 0.222 e. The van der Waals surface area contributed by atoms with Crippen LogP contribution in [-0.2, 0) is 16.0 Å². The number of aryl methyl sites for hydroxylation is 1. The van der Waals surface area contributed by atoms with E-state index in [-0.39, 0.29) is 35.6 Å². The van der Waals surface area contributed by atoms with Crippen LogP contribution in [0.2, 0.25) is 0 Å². The van der Waals surface area contributed by atoms with Gasteiger partial charge in [0.05, 0.1) is 0 Å². The predicted molar refractivity (Wildman–Crippen MR) is 84.8 cm³/mol. The van der Waals surface area contributed by atoms with E-state index in [0.717, 1.165) is 5.56 Å². The van der Waals surface area contributed by atoms with E-state index in [1.807, 2.05) is 20.8 Å². The molecule has 0 saturated heterocycles. The van der Waals surface area contributed by atoms with Crippen molar-refractivity contribution in [2.45, 2.75) is 58.5 Å². The van der Waals surface area contributed by atoms with E-state index in [4.69, 9.17) is 0 Å². The highest BCUT2D eigenvalue weighted by molar-refractivity contribution is 5.80. The summed E-state index contributed by atoms with van der Waals surface area (Å²) in [6.45, 7) is 7.54. The summed E-state index contributed by atoms with van der Waals surface area (Å²) >= 11 is 0. The van der Waals surface area contributed by atoms with Gasteiger partial charge in [0.15, 0.2) is 0 Å². The fourth-order valence-corrected chi connectivity index (χ4v) is 2.05. The summed E-state index contributed by atoms with van der Waals surface area (Å²) in [4.78, 5) is 23.6. The average Bonchev–Trinajstić information content (AvgIpc) is 2.35. The van der Waals surface area contributed by atoms with Crippen molar-refractivity contribution in [2.24, 2.45) is 0 Å². The maximum atomic E-state index is 12.8. The molecule has 1 unspecified atom stereocenters. The average molecular weight is 308 g/mol. The molecule has 1 rings (SSSR count). The number of halogens is 1. The quantitative estimate of drug-likeness (QED) is 0.848. The fraction of sp³-hybridized carbons (Fsp3) is 0.529. The lowest BCUT2D eigenvalue weighted by atomic mass is 10.1. The summed E-state index contributed by atoms with van der Waals surface area (Å²) in [6, 6.07) is 5.88. The molecule has 4 nitrogen and oxygen atoms in total. The Labute approximate surface area is 131 Å². The number of carbonyl (C=O) groups excluding carboxylic acids is 2. The first kappa shape index (κ1) is 18.1. The first-order valence-corrected chi connectivity index (χ1v) is 7.50. The van der Waals surface area contributed by atoms with Gasteiger partial charge in [0.2, 0.25) is 11.8 Å². The first-order chi connectivity index (χ1) is 10.2. The molecule has 0 radical (unpaired) electrons. The predicted octanol–water partition coefficient (Wildman–Crippen LogP) is 2.57. The molecule has 0 aromatic heterocycles. The Balaban J connectivity index is 2.32. The summed E-state index contributed by atoms with van der Waals surface area (Å²) in [5.41, 5.74) is 0.637. The maximum absolute atomic E-state index is 12.8. The van der Waals surface area contributed by atoms with Gasteiger partial charge in [-0.15, -0.1) is 0 Å². The molecule has 122 valence electrons. The third-order valence-corrected chi connectivity index (χ3v) is 2.97. The molecule has 0 aliphatic carbocycles. The molecular formula is C17H25FN2O2. The van der Waals surface area contributed by atoms with Crippen LogP contribution in [0.4, 0.5) is 4.39 Å². The largest absolute Gasteiger partial charge is 0.353 e. The molecule has 0 bridgehead atoms. The second-order valence-electron chi connectivity index (χ2n) is 6.60. The van der Waals surface area contributed by atoms with E-state index >= 15 is 0 Å². The van der Waals surface area contributed by atoms with Crippen LogP contribution >= 0.6 is 0 Å². The number of nitrogens with one attached hydrogen (secondary N) is 2. The Bertz CT molecular complexity index is 506. The lowest BCUT2D eigenvalue weighted by Crippen LogP contribution is -2.44. The van der Waals surface area contributed by atoms with Crippen molar-refractivity contribution < 1.29 is 14.0 Å². The molecule has 0 aliphatic heterocycles. The molecule has 1 atom stereocenters. The molecule has 0 heterocycles. The molecule has 1 aromatic carbocycles. The molecule has 0 aliphatic rings. The number of hydrogen-bond donors (Lipinski definition) is 2. The summed E-state index contributed by atoms with van der Waals surface area (Å²) in [7, 11) is 0. The van der Waals surface area contributed by atoms with E-state index in [1.165, 1.54) is 12.1 Å². The van der Waals surface area contributed by atoms with Crippen molar-refractivity contribution in [3.63, 3.8) is 0 Å². The van der Waals surface area contributed by atoms with Crippen LogP contribution in [0, 0.1) is 5.82 Å². The first-order valence-electron chi connectivity index (χ1n) is 7.50. The zero-order chi connectivity index (χ0) is 16.8. The van der Waals surface area contributed by atoms with Gasteiger partial charge in [-0.05, 0) is 51.8 Å². The zero-order valence-electron chi connectivity index (χ0n) is 13.7. The van der Waals surface area contributed by atoms with Crippen LogP contribution in [-0.4, -0.2) is 23.4 Å². The summed E-state index contributed by atoms with van der Waals surface area (Å²) in [6.07, 6.45) is 1.11. The van der Waals surface area contributed by atoms with E-state index in [9.17, 15) is 14.0 Å². The highest BCUT2D eigenvalue weighted by Gasteiger charge is 2.17. The maximum Gasteiger partial charge on any atom is 0.222 e. The normalized spacial score (nSPS) is 12.6. The number of hydrogen-bond acceptors (Lipinski definition) is 2. The van der Waals surface area contributed by atoms with Crippen LogP contribution in [0.5, 0.6) is 0 Å². The monoisotopic (exact) mass is 308 g/mol. The Morgan fingerprint density at radius 2 is 1.73 bits per heavy atom. The summed E-state index contributed by atoms with van der Waals surface area (Å²) in [5, 5.41) is 5.67. The van der Waals surface area contributed by atoms with Gasteiger partial charge in [-0.2, -0.15) is 0 Å². The van der Waals surface area contributed by atoms with Crippen LogP contribution in [0.3, 0.4) is 0 Å². The molecular weight excluding hydrogens is 283 g/mol. The molecule has 2 amide bonds. The Hall–Kier alpha value is -1.91. The molecule has 1 aromatic rings. The van der Waals surface area contributed by atoms with E-state index in [1.54, 1.807) is 19.1 Å². The molecule has 22 heavy (non-hydrogen) atoms. The van der Waals surface area contributed by atoms with Crippen molar-refractivity contribution in [1.82, 2.24) is 10.6 Å². The summed E-state index contributed by atoms with van der Waals surface area (Å²) in [5.74, 6) is -0.481. The van der Waals surface area contributed by atoms with E-state index in [2.05, 4.69) is 10.6 Å². The van der Waals surface area contributed by atoms with E-state index in [0.29, 0.717) is 12.8 Å². The highest BCUT2D eigenvalue weighted by atomic mass is 19.1. The standard InChI is InChI=1S/C17H25FN2O2/c1-12(11-16(22)20-17(2,3)4)19-15(21)10-7-13-5-8-14(18)9-6-13/h5-6,8-9,12H,7,10-11H2,1-4H3,(H,19,21)(H,20,22). The molecule has 5 heteroatoms. The highest BCUT2D eigenvalue weighted by Crippen LogP contribution is 2.06. The fourth-order valence-electron chi connectivity index (χ4n) is 2.05. The van der Waals surface area contributed by atoms with Crippen LogP contribution in [0.15, 0.2) is 24.3 Å². The zero-order valence-corrected chi connectivity index (χ0v) is 13.7. The van der Waals surface area contributed by atoms with Gasteiger partial charge in [-0.1, -0.05) is 12.1 Å². The van der Waals surface area contributed by atoms with Crippen molar-refractivity contribution in [3.8, 4) is 0 Å². The lowest BCUT2D eigenvalue weighted by Gasteiger charge is -2.22. The van der Waals surface area contributed by atoms with Gasteiger partial charge in [0.25, 0.3) is 0 Å². The third kappa shape index (κ3) is 7.76. The van der Waals surface area contributed by atoms with Crippen molar-refractivity contribution in [1.29, 1.82) is 0 Å². The molecule has 0 spiro atoms. The van der Waals surface area contributed by atoms with Gasteiger partial charge in [-0.3, -0.25) is 9.59 Å². The Morgan fingerprint density at radius 3 is 2.27 bits per heavy atom. The number of amides is 2. The number of carbonyl (C=O) groups is 2. The van der Waals surface area contributed by atoms with Crippen molar-refractivity contribution >= 4 is 11.8 Å². The third-order valence-electron chi connectivity index (χ3n) is 2.97. The minimum Gasteiger partial charge on any atom is -0.353 e.